The van der Waals surface area contributed by atoms with Crippen LogP contribution in [0.2, 0.25) is 0 Å². The van der Waals surface area contributed by atoms with Crippen LogP contribution < -0.4 is 5.69 Å². The monoisotopic (exact) mass is 398 g/mol. The highest BCUT2D eigenvalue weighted by atomic mass is 16.6. The van der Waals surface area contributed by atoms with Gasteiger partial charge in [0.15, 0.2) is 0 Å². The molecule has 1 aromatic carbocycles. The molecule has 3 fully saturated rings. The number of aromatic amines is 1. The van der Waals surface area contributed by atoms with E-state index >= 15 is 0 Å². The Bertz CT molecular complexity index is 937. The molecular weight excluding hydrogens is 368 g/mol. The average Bonchev–Trinajstić information content (AvgIpc) is 3.35. The lowest BCUT2D eigenvalue weighted by atomic mass is 9.90. The second-order valence-electron chi connectivity index (χ2n) is 8.85. The Kier molecular flexibility index (Phi) is 4.86. The number of likely N-dealkylation sites (tertiary alicyclic amines) is 1. The third-order valence-corrected chi connectivity index (χ3v) is 7.06. The summed E-state index contributed by atoms with van der Waals surface area (Å²) in [5.74, 6) is 0.622. The lowest BCUT2D eigenvalue weighted by Gasteiger charge is -2.39. The van der Waals surface area contributed by atoms with Crippen molar-refractivity contribution < 1.29 is 9.53 Å². The number of benzene rings is 1. The number of carbonyl (C=O) groups excluding carboxylic acids is 1. The highest BCUT2D eigenvalue weighted by molar-refractivity contribution is 5.75. The van der Waals surface area contributed by atoms with Crippen LogP contribution in [0.3, 0.4) is 0 Å². The van der Waals surface area contributed by atoms with E-state index < -0.39 is 0 Å². The summed E-state index contributed by atoms with van der Waals surface area (Å²) in [6.07, 6.45) is 5.24. The predicted octanol–water partition coefficient (Wildman–Crippen LogP) is 2.98. The lowest BCUT2D eigenvalue weighted by Crippen LogP contribution is -2.48. The first kappa shape index (κ1) is 18.7. The number of nitrogens with zero attached hydrogens (tertiary/aromatic N) is 3. The van der Waals surface area contributed by atoms with Crippen LogP contribution in [0, 0.1) is 5.92 Å². The number of ether oxygens (including phenoxy) is 1. The zero-order valence-electron chi connectivity index (χ0n) is 17.0. The molecule has 5 rings (SSSR count). The van der Waals surface area contributed by atoms with Gasteiger partial charge in [-0.2, -0.15) is 0 Å². The maximum Gasteiger partial charge on any atom is 0.410 e. The Morgan fingerprint density at radius 2 is 1.90 bits per heavy atom. The zero-order chi connectivity index (χ0) is 20.0. The molecule has 3 aliphatic rings. The number of fused-ring (bicyclic) bond motifs is 3. The van der Waals surface area contributed by atoms with Gasteiger partial charge in [0.25, 0.3) is 0 Å². The van der Waals surface area contributed by atoms with Gasteiger partial charge in [-0.3, -0.25) is 4.57 Å². The third kappa shape index (κ3) is 3.35. The molecule has 2 bridgehead atoms. The normalized spacial score (nSPS) is 29.6. The highest BCUT2D eigenvalue weighted by Crippen LogP contribution is 2.40. The van der Waals surface area contributed by atoms with Gasteiger partial charge in [-0.15, -0.1) is 0 Å². The maximum absolute atomic E-state index is 12.5. The average molecular weight is 399 g/mol. The Balaban J connectivity index is 1.23. The number of hydrogen-bond acceptors (Lipinski definition) is 4. The largest absolute Gasteiger partial charge is 0.450 e. The van der Waals surface area contributed by atoms with Crippen molar-refractivity contribution in [2.24, 2.45) is 5.92 Å². The van der Waals surface area contributed by atoms with E-state index in [2.05, 4.69) is 9.88 Å². The highest BCUT2D eigenvalue weighted by Gasteiger charge is 2.44. The van der Waals surface area contributed by atoms with Crippen molar-refractivity contribution in [2.45, 2.75) is 57.2 Å². The molecule has 3 saturated heterocycles. The molecule has 29 heavy (non-hydrogen) atoms. The fourth-order valence-corrected chi connectivity index (χ4v) is 5.93. The van der Waals surface area contributed by atoms with Crippen LogP contribution in [-0.4, -0.2) is 63.8 Å². The molecule has 0 aliphatic carbocycles. The van der Waals surface area contributed by atoms with Crippen LogP contribution in [0.15, 0.2) is 29.1 Å². The third-order valence-electron chi connectivity index (χ3n) is 7.06. The summed E-state index contributed by atoms with van der Waals surface area (Å²) in [5, 5.41) is 0. The Hall–Kier alpha value is -2.28. The van der Waals surface area contributed by atoms with E-state index in [0.717, 1.165) is 62.8 Å². The van der Waals surface area contributed by atoms with Crippen LogP contribution in [0.1, 0.15) is 45.1 Å². The molecule has 4 atom stereocenters. The number of nitrogens with one attached hydrogen (secondary N) is 1. The van der Waals surface area contributed by atoms with Gasteiger partial charge in [0.2, 0.25) is 0 Å². The van der Waals surface area contributed by atoms with Crippen LogP contribution in [0.5, 0.6) is 0 Å². The minimum atomic E-state index is -0.126. The number of rotatable bonds is 4. The van der Waals surface area contributed by atoms with Crippen molar-refractivity contribution in [3.8, 4) is 0 Å². The number of hydrogen-bond donors (Lipinski definition) is 1. The number of aromatic nitrogens is 2. The number of H-pyrrole nitrogens is 1. The van der Waals surface area contributed by atoms with Crippen molar-refractivity contribution in [1.29, 1.82) is 0 Å². The van der Waals surface area contributed by atoms with E-state index in [-0.39, 0.29) is 17.8 Å². The van der Waals surface area contributed by atoms with E-state index in [1.165, 1.54) is 0 Å². The summed E-state index contributed by atoms with van der Waals surface area (Å²) in [6, 6.07) is 8.85. The van der Waals surface area contributed by atoms with E-state index in [4.69, 9.17) is 4.74 Å². The summed E-state index contributed by atoms with van der Waals surface area (Å²) < 4.78 is 7.22. The Labute approximate surface area is 170 Å². The molecule has 7 heteroatoms. The van der Waals surface area contributed by atoms with Crippen LogP contribution in [0.25, 0.3) is 11.0 Å². The molecule has 3 aliphatic heterocycles. The number of amides is 1. The summed E-state index contributed by atoms with van der Waals surface area (Å²) >= 11 is 0. The van der Waals surface area contributed by atoms with Gasteiger partial charge in [0.1, 0.15) is 0 Å². The first-order chi connectivity index (χ1) is 14.1. The molecular formula is C22H30N4O3. The van der Waals surface area contributed by atoms with Crippen LogP contribution >= 0.6 is 0 Å². The van der Waals surface area contributed by atoms with Crippen LogP contribution in [-0.2, 0) is 4.74 Å². The molecule has 1 aromatic heterocycles. The number of piperidine rings is 1. The van der Waals surface area contributed by atoms with Crippen molar-refractivity contribution in [2.75, 3.05) is 26.2 Å². The Morgan fingerprint density at radius 1 is 1.14 bits per heavy atom. The summed E-state index contributed by atoms with van der Waals surface area (Å²) in [5.41, 5.74) is 1.92. The quantitative estimate of drug-likeness (QED) is 0.860. The van der Waals surface area contributed by atoms with E-state index in [0.29, 0.717) is 24.6 Å². The molecule has 156 valence electrons. The Morgan fingerprint density at radius 3 is 2.66 bits per heavy atom. The van der Waals surface area contributed by atoms with Gasteiger partial charge >= 0.3 is 11.8 Å². The molecule has 1 amide bonds. The molecule has 4 heterocycles. The van der Waals surface area contributed by atoms with Gasteiger partial charge in [0, 0.05) is 31.7 Å². The van der Waals surface area contributed by atoms with E-state index in [9.17, 15) is 9.59 Å². The minimum Gasteiger partial charge on any atom is -0.450 e. The fraction of sp³-hybridized carbons (Fsp3) is 0.636. The van der Waals surface area contributed by atoms with Crippen molar-refractivity contribution >= 4 is 17.1 Å². The van der Waals surface area contributed by atoms with Gasteiger partial charge < -0.3 is 19.5 Å². The molecule has 7 nitrogen and oxygen atoms in total. The topological polar surface area (TPSA) is 70.6 Å². The second-order valence-corrected chi connectivity index (χ2v) is 8.85. The molecule has 2 aromatic rings. The molecule has 0 saturated carbocycles. The molecule has 1 unspecified atom stereocenters. The van der Waals surface area contributed by atoms with Crippen LogP contribution in [0.4, 0.5) is 4.79 Å². The summed E-state index contributed by atoms with van der Waals surface area (Å²) in [7, 11) is 0. The van der Waals surface area contributed by atoms with Gasteiger partial charge in [-0.1, -0.05) is 12.1 Å². The number of para-hydroxylation sites is 2. The number of imidazole rings is 1. The fourth-order valence-electron chi connectivity index (χ4n) is 5.93. The lowest BCUT2D eigenvalue weighted by molar-refractivity contribution is 0.0546. The molecule has 0 radical (unpaired) electrons. The minimum absolute atomic E-state index is 0.00107. The predicted molar refractivity (Wildman–Crippen MR) is 111 cm³/mol. The first-order valence-corrected chi connectivity index (χ1v) is 11.0. The smallest absolute Gasteiger partial charge is 0.410 e. The van der Waals surface area contributed by atoms with Gasteiger partial charge in [0.05, 0.1) is 23.7 Å². The maximum atomic E-state index is 12.5. The SMILES string of the molecule is CCOC(=O)N1[C@@H]2CC[C@H]1CC(CN1CC[C@H](n3c(=O)[nH]c4ccccc43)C1)C2. The van der Waals surface area contributed by atoms with Crippen molar-refractivity contribution in [3.63, 3.8) is 0 Å². The first-order valence-electron chi connectivity index (χ1n) is 11.0. The zero-order valence-corrected chi connectivity index (χ0v) is 17.0. The van der Waals surface area contributed by atoms with E-state index in [1.807, 2.05) is 40.7 Å². The van der Waals surface area contributed by atoms with Gasteiger partial charge in [-0.25, -0.2) is 9.59 Å². The van der Waals surface area contributed by atoms with E-state index in [1.54, 1.807) is 0 Å². The summed E-state index contributed by atoms with van der Waals surface area (Å²) in [6.45, 7) is 5.34. The van der Waals surface area contributed by atoms with Crippen molar-refractivity contribution in [3.05, 3.63) is 34.7 Å². The molecule has 0 spiro atoms. The summed E-state index contributed by atoms with van der Waals surface area (Å²) in [4.78, 5) is 32.3. The standard InChI is InChI=1S/C22H30N4O3/c1-2-29-22(28)25-16-7-8-17(25)12-15(11-16)13-24-10-9-18(14-24)26-20-6-4-3-5-19(20)23-21(26)27/h3-6,15-18H,2,7-14H2,1H3,(H,23,27)/t15?,16-,17+,18-/m0/s1. The van der Waals surface area contributed by atoms with Crippen molar-refractivity contribution in [1.82, 2.24) is 19.4 Å². The second kappa shape index (κ2) is 7.52. The number of carbonyl (C=O) groups is 1. The van der Waals surface area contributed by atoms with Gasteiger partial charge in [-0.05, 0) is 57.1 Å². The molecule has 1 N–H and O–H groups in total.